The van der Waals surface area contributed by atoms with Crippen LogP contribution in [0.2, 0.25) is 0 Å². The normalized spacial score (nSPS) is 12.6. The number of benzene rings is 1. The van der Waals surface area contributed by atoms with Crippen molar-refractivity contribution >= 4 is 16.8 Å². The van der Waals surface area contributed by atoms with Crippen molar-refractivity contribution in [1.82, 2.24) is 10.3 Å². The third-order valence-electron chi connectivity index (χ3n) is 3.52. The van der Waals surface area contributed by atoms with E-state index < -0.39 is 6.04 Å². The summed E-state index contributed by atoms with van der Waals surface area (Å²) < 4.78 is 4.86. The molecule has 5 heteroatoms. The standard InChI is InChI=1S/C15H21N3O2/c1-9-10(2)18-14-5-4-11(6-12(9)14)7-17-15(19)13(16)8-20-3/h4-6,13,18H,7-8,16H2,1-3H3,(H,17,19). The van der Waals surface area contributed by atoms with Gasteiger partial charge in [0, 0.05) is 30.3 Å². The first-order valence-corrected chi connectivity index (χ1v) is 6.63. The highest BCUT2D eigenvalue weighted by molar-refractivity contribution is 5.85. The van der Waals surface area contributed by atoms with Gasteiger partial charge in [-0.05, 0) is 37.1 Å². The highest BCUT2D eigenvalue weighted by Gasteiger charge is 2.12. The molecule has 108 valence electrons. The zero-order valence-corrected chi connectivity index (χ0v) is 12.1. The molecule has 1 atom stereocenters. The molecule has 1 aromatic carbocycles. The smallest absolute Gasteiger partial charge is 0.239 e. The fourth-order valence-corrected chi connectivity index (χ4v) is 2.19. The molecule has 0 saturated carbocycles. The minimum Gasteiger partial charge on any atom is -0.383 e. The van der Waals surface area contributed by atoms with Crippen LogP contribution in [0.25, 0.3) is 10.9 Å². The Kier molecular flexibility index (Phi) is 4.42. The number of carbonyl (C=O) groups excluding carboxylic acids is 1. The van der Waals surface area contributed by atoms with Crippen molar-refractivity contribution in [3.05, 3.63) is 35.0 Å². The summed E-state index contributed by atoms with van der Waals surface area (Å²) in [6.07, 6.45) is 0. The van der Waals surface area contributed by atoms with E-state index in [-0.39, 0.29) is 12.5 Å². The van der Waals surface area contributed by atoms with Gasteiger partial charge in [0.25, 0.3) is 0 Å². The molecular weight excluding hydrogens is 254 g/mol. The third kappa shape index (κ3) is 3.00. The van der Waals surface area contributed by atoms with E-state index >= 15 is 0 Å². The van der Waals surface area contributed by atoms with Gasteiger partial charge in [0.15, 0.2) is 0 Å². The van der Waals surface area contributed by atoms with Gasteiger partial charge in [0.05, 0.1) is 6.61 Å². The lowest BCUT2D eigenvalue weighted by atomic mass is 10.1. The minimum absolute atomic E-state index is 0.200. The predicted octanol–water partition coefficient (Wildman–Crippen LogP) is 1.37. The van der Waals surface area contributed by atoms with Crippen LogP contribution in [0.3, 0.4) is 0 Å². The predicted molar refractivity (Wildman–Crippen MR) is 79.5 cm³/mol. The van der Waals surface area contributed by atoms with E-state index in [0.717, 1.165) is 11.1 Å². The average molecular weight is 275 g/mol. The number of ether oxygens (including phenoxy) is 1. The molecule has 0 radical (unpaired) electrons. The number of rotatable bonds is 5. The van der Waals surface area contributed by atoms with Crippen LogP contribution in [-0.4, -0.2) is 30.6 Å². The van der Waals surface area contributed by atoms with Crippen LogP contribution >= 0.6 is 0 Å². The maximum Gasteiger partial charge on any atom is 0.239 e. The van der Waals surface area contributed by atoms with Crippen molar-refractivity contribution in [1.29, 1.82) is 0 Å². The lowest BCUT2D eigenvalue weighted by Crippen LogP contribution is -2.43. The Hall–Kier alpha value is -1.85. The topological polar surface area (TPSA) is 80.1 Å². The molecule has 1 amide bonds. The Morgan fingerprint density at radius 2 is 2.20 bits per heavy atom. The molecule has 0 fully saturated rings. The summed E-state index contributed by atoms with van der Waals surface area (Å²) in [5, 5.41) is 4.01. The summed E-state index contributed by atoms with van der Waals surface area (Å²) in [6, 6.07) is 5.50. The number of aromatic amines is 1. The van der Waals surface area contributed by atoms with E-state index in [0.29, 0.717) is 6.54 Å². The summed E-state index contributed by atoms with van der Waals surface area (Å²) in [5.41, 5.74) is 10.2. The maximum atomic E-state index is 11.7. The average Bonchev–Trinajstić information content (AvgIpc) is 2.72. The monoisotopic (exact) mass is 275 g/mol. The van der Waals surface area contributed by atoms with Crippen LogP contribution in [0.1, 0.15) is 16.8 Å². The van der Waals surface area contributed by atoms with Crippen molar-refractivity contribution in [2.24, 2.45) is 5.73 Å². The van der Waals surface area contributed by atoms with Crippen LogP contribution in [0.15, 0.2) is 18.2 Å². The molecule has 1 aromatic heterocycles. The number of hydrogen-bond acceptors (Lipinski definition) is 3. The van der Waals surface area contributed by atoms with Gasteiger partial charge in [0.1, 0.15) is 6.04 Å². The van der Waals surface area contributed by atoms with Gasteiger partial charge in [-0.25, -0.2) is 0 Å². The molecule has 0 spiro atoms. The second-order valence-corrected chi connectivity index (χ2v) is 5.03. The molecule has 20 heavy (non-hydrogen) atoms. The molecule has 1 heterocycles. The Labute approximate surface area is 118 Å². The molecule has 1 unspecified atom stereocenters. The van der Waals surface area contributed by atoms with Crippen molar-refractivity contribution in [2.45, 2.75) is 26.4 Å². The largest absolute Gasteiger partial charge is 0.383 e. The van der Waals surface area contributed by atoms with Crippen molar-refractivity contribution in [3.63, 3.8) is 0 Å². The number of amides is 1. The number of aromatic nitrogens is 1. The number of nitrogens with one attached hydrogen (secondary N) is 2. The van der Waals surface area contributed by atoms with E-state index in [1.165, 1.54) is 23.8 Å². The summed E-state index contributed by atoms with van der Waals surface area (Å²) in [4.78, 5) is 15.0. The molecule has 0 aliphatic heterocycles. The molecule has 2 aromatic rings. The fourth-order valence-electron chi connectivity index (χ4n) is 2.19. The van der Waals surface area contributed by atoms with Gasteiger partial charge in [-0.2, -0.15) is 0 Å². The minimum atomic E-state index is -0.625. The van der Waals surface area contributed by atoms with Crippen LogP contribution in [0.4, 0.5) is 0 Å². The van der Waals surface area contributed by atoms with E-state index in [1.807, 2.05) is 12.1 Å². The number of nitrogens with two attached hydrogens (primary N) is 1. The Morgan fingerprint density at radius 1 is 1.45 bits per heavy atom. The van der Waals surface area contributed by atoms with Gasteiger partial charge in [-0.15, -0.1) is 0 Å². The molecule has 0 aliphatic rings. The van der Waals surface area contributed by atoms with Gasteiger partial charge >= 0.3 is 0 Å². The molecule has 0 saturated heterocycles. The fraction of sp³-hybridized carbons (Fsp3) is 0.400. The zero-order chi connectivity index (χ0) is 14.7. The number of aryl methyl sites for hydroxylation is 2. The van der Waals surface area contributed by atoms with Crippen molar-refractivity contribution in [3.8, 4) is 0 Å². The second-order valence-electron chi connectivity index (χ2n) is 5.03. The Bertz CT molecular complexity index is 619. The number of carbonyl (C=O) groups is 1. The zero-order valence-electron chi connectivity index (χ0n) is 12.1. The van der Waals surface area contributed by atoms with Gasteiger partial charge in [-0.3, -0.25) is 4.79 Å². The quantitative estimate of drug-likeness (QED) is 0.771. The summed E-state index contributed by atoms with van der Waals surface area (Å²) in [7, 11) is 1.53. The van der Waals surface area contributed by atoms with E-state index in [9.17, 15) is 4.79 Å². The first-order chi connectivity index (χ1) is 9.52. The highest BCUT2D eigenvalue weighted by atomic mass is 16.5. The molecule has 2 rings (SSSR count). The van der Waals surface area contributed by atoms with Crippen molar-refractivity contribution in [2.75, 3.05) is 13.7 Å². The highest BCUT2D eigenvalue weighted by Crippen LogP contribution is 2.22. The molecule has 4 N–H and O–H groups in total. The van der Waals surface area contributed by atoms with Crippen LogP contribution in [0.5, 0.6) is 0 Å². The van der Waals surface area contributed by atoms with Gasteiger partial charge < -0.3 is 20.8 Å². The maximum absolute atomic E-state index is 11.7. The van der Waals surface area contributed by atoms with Gasteiger partial charge in [-0.1, -0.05) is 6.07 Å². The van der Waals surface area contributed by atoms with E-state index in [1.54, 1.807) is 0 Å². The molecule has 5 nitrogen and oxygen atoms in total. The lowest BCUT2D eigenvalue weighted by molar-refractivity contribution is -0.123. The van der Waals surface area contributed by atoms with Crippen molar-refractivity contribution < 1.29 is 9.53 Å². The number of fused-ring (bicyclic) bond motifs is 1. The van der Waals surface area contributed by atoms with Crippen LogP contribution in [0, 0.1) is 13.8 Å². The van der Waals surface area contributed by atoms with E-state index in [4.69, 9.17) is 10.5 Å². The first kappa shape index (κ1) is 14.6. The molecule has 0 aliphatic carbocycles. The van der Waals surface area contributed by atoms with Crippen LogP contribution in [-0.2, 0) is 16.1 Å². The Balaban J connectivity index is 2.07. The second kappa shape index (κ2) is 6.07. The molecular formula is C15H21N3O2. The number of hydrogen-bond donors (Lipinski definition) is 3. The first-order valence-electron chi connectivity index (χ1n) is 6.63. The number of H-pyrrole nitrogens is 1. The van der Waals surface area contributed by atoms with Gasteiger partial charge in [0.2, 0.25) is 5.91 Å². The summed E-state index contributed by atoms with van der Waals surface area (Å²) in [5.74, 6) is -0.200. The third-order valence-corrected chi connectivity index (χ3v) is 3.52. The lowest BCUT2D eigenvalue weighted by Gasteiger charge is -2.11. The number of methoxy groups -OCH3 is 1. The molecule has 0 bridgehead atoms. The summed E-state index contributed by atoms with van der Waals surface area (Å²) in [6.45, 7) is 4.84. The SMILES string of the molecule is COCC(N)C(=O)NCc1ccc2[nH]c(C)c(C)c2c1. The Morgan fingerprint density at radius 3 is 2.90 bits per heavy atom. The van der Waals surface area contributed by atoms with Crippen LogP contribution < -0.4 is 11.1 Å². The summed E-state index contributed by atoms with van der Waals surface area (Å²) >= 11 is 0. The van der Waals surface area contributed by atoms with E-state index in [2.05, 4.69) is 30.2 Å².